The van der Waals surface area contributed by atoms with E-state index < -0.39 is 0 Å². The number of Topliss-reactive ketones (excluding diaryl/α,β-unsaturated/α-hetero) is 2. The highest BCUT2D eigenvalue weighted by atomic mass is 32.1. The maximum atomic E-state index is 12.8. The van der Waals surface area contributed by atoms with Gasteiger partial charge in [-0.1, -0.05) is 6.07 Å². The number of quaternary nitrogens is 1. The van der Waals surface area contributed by atoms with Gasteiger partial charge in [0.2, 0.25) is 5.78 Å². The highest BCUT2D eigenvalue weighted by Crippen LogP contribution is 2.24. The van der Waals surface area contributed by atoms with Gasteiger partial charge in [-0.2, -0.15) is 0 Å². The zero-order valence-electron chi connectivity index (χ0n) is 13.9. The summed E-state index contributed by atoms with van der Waals surface area (Å²) >= 11 is 1.78. The number of nitrogens with one attached hydrogen (secondary N) is 2. The number of carbonyl (C=O) groups excluding carboxylic acids is 2. The predicted octanol–water partition coefficient (Wildman–Crippen LogP) is 2.50. The highest BCUT2D eigenvalue weighted by molar-refractivity contribution is 7.10. The van der Waals surface area contributed by atoms with Crippen LogP contribution in [0.5, 0.6) is 0 Å². The van der Waals surface area contributed by atoms with Gasteiger partial charge in [-0.05, 0) is 37.8 Å². The summed E-state index contributed by atoms with van der Waals surface area (Å²) < 4.78 is 0. The van der Waals surface area contributed by atoms with E-state index >= 15 is 0 Å². The van der Waals surface area contributed by atoms with Crippen LogP contribution in [-0.4, -0.2) is 29.6 Å². The SMILES string of the molecule is CC(=O)c1c(C)[nH]c(C(=O)C[NH+]2CCC[C@@H]2c2cccs2)c1C. The van der Waals surface area contributed by atoms with Crippen LogP contribution in [0.4, 0.5) is 0 Å². The molecule has 0 spiro atoms. The number of H-pyrrole nitrogens is 1. The number of likely N-dealkylation sites (tertiary alicyclic amines) is 1. The van der Waals surface area contributed by atoms with Gasteiger partial charge >= 0.3 is 0 Å². The normalized spacial score (nSPS) is 20.8. The molecule has 5 heteroatoms. The molecule has 0 saturated carbocycles. The first kappa shape index (κ1) is 16.1. The van der Waals surface area contributed by atoms with E-state index in [-0.39, 0.29) is 11.6 Å². The third kappa shape index (κ3) is 3.03. The molecule has 23 heavy (non-hydrogen) atoms. The van der Waals surface area contributed by atoms with Gasteiger partial charge in [0.25, 0.3) is 0 Å². The van der Waals surface area contributed by atoms with Crippen molar-refractivity contribution in [3.63, 3.8) is 0 Å². The average molecular weight is 331 g/mol. The Morgan fingerprint density at radius 2 is 2.17 bits per heavy atom. The zero-order valence-corrected chi connectivity index (χ0v) is 14.7. The first-order valence-electron chi connectivity index (χ1n) is 8.10. The molecule has 0 aromatic carbocycles. The van der Waals surface area contributed by atoms with Crippen LogP contribution in [0.1, 0.15) is 62.8 Å². The fraction of sp³-hybridized carbons (Fsp3) is 0.444. The number of hydrogen-bond acceptors (Lipinski definition) is 3. The van der Waals surface area contributed by atoms with Crippen LogP contribution in [-0.2, 0) is 0 Å². The van der Waals surface area contributed by atoms with Crippen molar-refractivity contribution in [2.45, 2.75) is 39.7 Å². The molecule has 122 valence electrons. The number of carbonyl (C=O) groups is 2. The van der Waals surface area contributed by atoms with E-state index in [1.807, 2.05) is 13.8 Å². The van der Waals surface area contributed by atoms with Crippen LogP contribution in [0.15, 0.2) is 17.5 Å². The molecule has 2 aromatic rings. The van der Waals surface area contributed by atoms with Gasteiger partial charge in [-0.25, -0.2) is 0 Å². The third-order valence-electron chi connectivity index (χ3n) is 4.83. The number of aryl methyl sites for hydroxylation is 1. The quantitative estimate of drug-likeness (QED) is 0.827. The van der Waals surface area contributed by atoms with Crippen molar-refractivity contribution < 1.29 is 14.5 Å². The number of hydrogen-bond donors (Lipinski definition) is 2. The molecule has 0 amide bonds. The molecule has 1 fully saturated rings. The van der Waals surface area contributed by atoms with E-state index in [2.05, 4.69) is 22.5 Å². The minimum Gasteiger partial charge on any atom is -0.355 e. The average Bonchev–Trinajstić information content (AvgIpc) is 3.18. The smallest absolute Gasteiger partial charge is 0.233 e. The summed E-state index contributed by atoms with van der Waals surface area (Å²) in [4.78, 5) is 30.4. The van der Waals surface area contributed by atoms with Crippen molar-refractivity contribution in [1.82, 2.24) is 4.98 Å². The Morgan fingerprint density at radius 3 is 2.78 bits per heavy atom. The summed E-state index contributed by atoms with van der Waals surface area (Å²) in [7, 11) is 0. The Labute approximate surface area is 140 Å². The fourth-order valence-electron chi connectivity index (χ4n) is 3.81. The first-order chi connectivity index (χ1) is 11.0. The lowest BCUT2D eigenvalue weighted by Gasteiger charge is -2.19. The molecule has 1 aliphatic heterocycles. The summed E-state index contributed by atoms with van der Waals surface area (Å²) in [6, 6.07) is 4.68. The molecule has 3 heterocycles. The van der Waals surface area contributed by atoms with E-state index in [1.54, 1.807) is 18.3 Å². The Balaban J connectivity index is 1.79. The van der Waals surface area contributed by atoms with Gasteiger partial charge in [0, 0.05) is 24.1 Å². The fourth-order valence-corrected chi connectivity index (χ4v) is 4.73. The Hall–Kier alpha value is -1.72. The third-order valence-corrected chi connectivity index (χ3v) is 5.81. The van der Waals surface area contributed by atoms with Crippen LogP contribution in [0.2, 0.25) is 0 Å². The molecule has 0 bridgehead atoms. The molecule has 3 rings (SSSR count). The maximum absolute atomic E-state index is 12.8. The number of ketones is 2. The lowest BCUT2D eigenvalue weighted by atomic mass is 10.0. The molecule has 1 unspecified atom stereocenters. The second-order valence-corrected chi connectivity index (χ2v) is 7.38. The summed E-state index contributed by atoms with van der Waals surface area (Å²) in [5.74, 6) is 0.122. The van der Waals surface area contributed by atoms with Gasteiger partial charge in [0.05, 0.1) is 17.1 Å². The minimum atomic E-state index is 0.0141. The Morgan fingerprint density at radius 1 is 1.39 bits per heavy atom. The summed E-state index contributed by atoms with van der Waals surface area (Å²) in [5.41, 5.74) is 2.87. The van der Waals surface area contributed by atoms with E-state index in [1.165, 1.54) is 9.78 Å². The van der Waals surface area contributed by atoms with E-state index in [0.29, 0.717) is 23.8 Å². The molecular weight excluding hydrogens is 308 g/mol. The second-order valence-electron chi connectivity index (χ2n) is 6.40. The van der Waals surface area contributed by atoms with E-state index in [9.17, 15) is 9.59 Å². The monoisotopic (exact) mass is 331 g/mol. The van der Waals surface area contributed by atoms with E-state index in [0.717, 1.165) is 30.6 Å². The molecule has 1 aliphatic rings. The number of rotatable bonds is 5. The van der Waals surface area contributed by atoms with Crippen molar-refractivity contribution in [1.29, 1.82) is 0 Å². The minimum absolute atomic E-state index is 0.0141. The van der Waals surface area contributed by atoms with Gasteiger partial charge in [0.1, 0.15) is 12.6 Å². The van der Waals surface area contributed by atoms with E-state index in [4.69, 9.17) is 0 Å². The van der Waals surface area contributed by atoms with Crippen LogP contribution < -0.4 is 4.90 Å². The summed E-state index contributed by atoms with van der Waals surface area (Å²) in [6.45, 7) is 6.80. The van der Waals surface area contributed by atoms with Gasteiger partial charge in [-0.15, -0.1) is 11.3 Å². The van der Waals surface area contributed by atoms with Crippen molar-refractivity contribution in [3.05, 3.63) is 44.9 Å². The van der Waals surface area contributed by atoms with Gasteiger partial charge in [0.15, 0.2) is 5.78 Å². The molecule has 0 radical (unpaired) electrons. The standard InChI is InChI=1S/C18H22N2O2S/c1-11-17(13(3)21)12(2)19-18(11)15(22)10-20-8-4-6-14(20)16-7-5-9-23-16/h5,7,9,14,19H,4,6,8,10H2,1-3H3/p+1/t14-/m1/s1. The Bertz CT molecular complexity index is 731. The second kappa shape index (κ2) is 6.42. The van der Waals surface area contributed by atoms with Crippen LogP contribution in [0, 0.1) is 13.8 Å². The Kier molecular flexibility index (Phi) is 4.50. The number of aromatic nitrogens is 1. The van der Waals surface area contributed by atoms with Gasteiger partial charge in [-0.3, -0.25) is 9.59 Å². The molecular formula is C18H23N2O2S+. The number of aromatic amines is 1. The van der Waals surface area contributed by atoms with Crippen LogP contribution in [0.25, 0.3) is 0 Å². The molecule has 2 N–H and O–H groups in total. The predicted molar refractivity (Wildman–Crippen MR) is 91.6 cm³/mol. The molecule has 4 nitrogen and oxygen atoms in total. The molecule has 0 aliphatic carbocycles. The van der Waals surface area contributed by atoms with Crippen molar-refractivity contribution in [2.24, 2.45) is 0 Å². The topological polar surface area (TPSA) is 54.4 Å². The van der Waals surface area contributed by atoms with Crippen molar-refractivity contribution >= 4 is 22.9 Å². The summed E-state index contributed by atoms with van der Waals surface area (Å²) in [6.07, 6.45) is 2.30. The molecule has 2 atom stereocenters. The lowest BCUT2D eigenvalue weighted by Crippen LogP contribution is -3.11. The molecule has 2 aromatic heterocycles. The highest BCUT2D eigenvalue weighted by Gasteiger charge is 2.33. The van der Waals surface area contributed by atoms with Crippen molar-refractivity contribution in [2.75, 3.05) is 13.1 Å². The van der Waals surface area contributed by atoms with Crippen LogP contribution >= 0.6 is 11.3 Å². The first-order valence-corrected chi connectivity index (χ1v) is 8.98. The van der Waals surface area contributed by atoms with Crippen molar-refractivity contribution in [3.8, 4) is 0 Å². The molecule has 1 saturated heterocycles. The zero-order chi connectivity index (χ0) is 16.6. The summed E-state index contributed by atoms with van der Waals surface area (Å²) in [5, 5.41) is 2.10. The maximum Gasteiger partial charge on any atom is 0.233 e. The largest absolute Gasteiger partial charge is 0.355 e. The van der Waals surface area contributed by atoms with Gasteiger partial charge < -0.3 is 9.88 Å². The van der Waals surface area contributed by atoms with Crippen LogP contribution in [0.3, 0.4) is 0 Å². The number of thiophene rings is 1. The lowest BCUT2D eigenvalue weighted by molar-refractivity contribution is -0.909.